The van der Waals surface area contributed by atoms with Crippen LogP contribution in [-0.4, -0.2) is 42.6 Å². The topological polar surface area (TPSA) is 58.6 Å². The molecule has 1 aromatic rings. The lowest BCUT2D eigenvalue weighted by Gasteiger charge is -2.31. The summed E-state index contributed by atoms with van der Waals surface area (Å²) in [6, 6.07) is 0.257. The summed E-state index contributed by atoms with van der Waals surface area (Å²) in [5, 5.41) is 2.43. The van der Waals surface area contributed by atoms with E-state index in [9.17, 15) is 35.9 Å². The minimum Gasteiger partial charge on any atom is -0.450 e. The first-order chi connectivity index (χ1) is 12.9. The fourth-order valence-electron chi connectivity index (χ4n) is 2.78. The number of benzene rings is 1. The number of nitrogens with zero attached hydrogens (tertiary/aromatic N) is 1. The summed E-state index contributed by atoms with van der Waals surface area (Å²) in [4.78, 5) is 25.3. The maximum Gasteiger partial charge on any atom is 0.416 e. The van der Waals surface area contributed by atoms with E-state index in [1.165, 1.54) is 4.90 Å². The Morgan fingerprint density at radius 3 is 1.96 bits per heavy atom. The fraction of sp³-hybridized carbons (Fsp3) is 0.529. The minimum absolute atomic E-state index is 0.0331. The predicted molar refractivity (Wildman–Crippen MR) is 85.5 cm³/mol. The molecule has 1 heterocycles. The van der Waals surface area contributed by atoms with Gasteiger partial charge in [-0.2, -0.15) is 26.3 Å². The van der Waals surface area contributed by atoms with Gasteiger partial charge in [0.2, 0.25) is 0 Å². The molecule has 2 amide bonds. The summed E-state index contributed by atoms with van der Waals surface area (Å²) in [7, 11) is 0. The van der Waals surface area contributed by atoms with E-state index in [2.05, 4.69) is 5.32 Å². The lowest BCUT2D eigenvalue weighted by molar-refractivity contribution is -0.143. The van der Waals surface area contributed by atoms with Gasteiger partial charge in [-0.1, -0.05) is 0 Å². The lowest BCUT2D eigenvalue weighted by atomic mass is 10.0. The predicted octanol–water partition coefficient (Wildman–Crippen LogP) is 4.07. The van der Waals surface area contributed by atoms with E-state index in [4.69, 9.17) is 4.74 Å². The van der Waals surface area contributed by atoms with E-state index in [-0.39, 0.29) is 25.8 Å². The Balaban J connectivity index is 2.11. The number of likely N-dealkylation sites (tertiary alicyclic amines) is 1. The Morgan fingerprint density at radius 1 is 1.04 bits per heavy atom. The van der Waals surface area contributed by atoms with Crippen LogP contribution >= 0.6 is 0 Å². The largest absolute Gasteiger partial charge is 0.450 e. The van der Waals surface area contributed by atoms with E-state index in [1.807, 2.05) is 0 Å². The molecule has 0 aromatic heterocycles. The quantitative estimate of drug-likeness (QED) is 0.762. The van der Waals surface area contributed by atoms with E-state index in [0.29, 0.717) is 25.0 Å². The van der Waals surface area contributed by atoms with Crippen molar-refractivity contribution in [1.29, 1.82) is 0 Å². The molecule has 5 nitrogen and oxygen atoms in total. The molecular weight excluding hydrogens is 394 g/mol. The van der Waals surface area contributed by atoms with Crippen molar-refractivity contribution in [2.24, 2.45) is 0 Å². The molecule has 11 heteroatoms. The van der Waals surface area contributed by atoms with E-state index >= 15 is 0 Å². The standard InChI is InChI=1S/C17H18F6N2O3/c1-2-28-15(27)25-5-3-13(4-6-25)24-14(26)10-7-11(16(18,19)20)9-12(8-10)17(21,22)23/h7-9,13H,2-6H2,1H3,(H,24,26). The number of piperidine rings is 1. The number of rotatable bonds is 3. The molecule has 2 rings (SSSR count). The Kier molecular flexibility index (Phi) is 6.45. The van der Waals surface area contributed by atoms with Gasteiger partial charge in [0.05, 0.1) is 17.7 Å². The second kappa shape index (κ2) is 8.27. The van der Waals surface area contributed by atoms with Gasteiger partial charge in [0.25, 0.3) is 5.91 Å². The lowest BCUT2D eigenvalue weighted by Crippen LogP contribution is -2.46. The fourth-order valence-corrected chi connectivity index (χ4v) is 2.78. The highest BCUT2D eigenvalue weighted by atomic mass is 19.4. The van der Waals surface area contributed by atoms with E-state index in [0.717, 1.165) is 0 Å². The van der Waals surface area contributed by atoms with Gasteiger partial charge in [0.1, 0.15) is 0 Å². The van der Waals surface area contributed by atoms with E-state index < -0.39 is 47.1 Å². The van der Waals surface area contributed by atoms with Crippen LogP contribution in [-0.2, 0) is 17.1 Å². The molecule has 0 aliphatic carbocycles. The minimum atomic E-state index is -5.03. The molecule has 0 unspecified atom stereocenters. The molecule has 1 aliphatic rings. The Hall–Kier alpha value is -2.46. The maximum absolute atomic E-state index is 12.9. The number of amides is 2. The summed E-state index contributed by atoms with van der Waals surface area (Å²) in [5.74, 6) is -1.04. The summed E-state index contributed by atoms with van der Waals surface area (Å²) in [6.07, 6.45) is -9.96. The molecule has 156 valence electrons. The van der Waals surface area contributed by atoms with Crippen LogP contribution in [0, 0.1) is 0 Å². The van der Waals surface area contributed by atoms with Gasteiger partial charge in [-0.15, -0.1) is 0 Å². The van der Waals surface area contributed by atoms with Crippen LogP contribution in [0.1, 0.15) is 41.3 Å². The number of carbonyl (C=O) groups excluding carboxylic acids is 2. The molecule has 1 N–H and O–H groups in total. The third-order valence-corrected chi connectivity index (χ3v) is 4.21. The van der Waals surface area contributed by atoms with Gasteiger partial charge in [0, 0.05) is 24.7 Å². The monoisotopic (exact) mass is 412 g/mol. The average Bonchev–Trinajstić information content (AvgIpc) is 2.60. The van der Waals surface area contributed by atoms with Crippen LogP contribution in [0.25, 0.3) is 0 Å². The number of halogens is 6. The van der Waals surface area contributed by atoms with Crippen LogP contribution in [0.2, 0.25) is 0 Å². The van der Waals surface area contributed by atoms with Gasteiger partial charge in [-0.3, -0.25) is 4.79 Å². The molecular formula is C17H18F6N2O3. The number of ether oxygens (including phenoxy) is 1. The number of hydrogen-bond acceptors (Lipinski definition) is 3. The summed E-state index contributed by atoms with van der Waals surface area (Å²) < 4.78 is 82.2. The van der Waals surface area contributed by atoms with Crippen molar-refractivity contribution in [1.82, 2.24) is 10.2 Å². The van der Waals surface area contributed by atoms with Gasteiger partial charge < -0.3 is 15.0 Å². The van der Waals surface area contributed by atoms with Crippen molar-refractivity contribution in [3.8, 4) is 0 Å². The highest BCUT2D eigenvalue weighted by Crippen LogP contribution is 2.36. The second-order valence-corrected chi connectivity index (χ2v) is 6.23. The Bertz CT molecular complexity index is 692. The van der Waals surface area contributed by atoms with Crippen LogP contribution in [0.4, 0.5) is 31.1 Å². The van der Waals surface area contributed by atoms with Crippen molar-refractivity contribution in [2.45, 2.75) is 38.2 Å². The van der Waals surface area contributed by atoms with Gasteiger partial charge in [-0.25, -0.2) is 4.79 Å². The van der Waals surface area contributed by atoms with Crippen LogP contribution in [0.15, 0.2) is 18.2 Å². The smallest absolute Gasteiger partial charge is 0.416 e. The molecule has 0 radical (unpaired) electrons. The normalized spacial score (nSPS) is 16.0. The summed E-state index contributed by atoms with van der Waals surface area (Å²) in [6.45, 7) is 2.35. The van der Waals surface area contributed by atoms with Crippen LogP contribution in [0.5, 0.6) is 0 Å². The zero-order valence-corrected chi connectivity index (χ0v) is 14.8. The molecule has 0 spiro atoms. The highest BCUT2D eigenvalue weighted by Gasteiger charge is 2.37. The zero-order valence-electron chi connectivity index (χ0n) is 14.8. The summed E-state index contributed by atoms with van der Waals surface area (Å²) >= 11 is 0. The van der Waals surface area contributed by atoms with Crippen molar-refractivity contribution >= 4 is 12.0 Å². The Labute approximate surface area is 156 Å². The van der Waals surface area contributed by atoms with Gasteiger partial charge in [0.15, 0.2) is 0 Å². The van der Waals surface area contributed by atoms with Crippen molar-refractivity contribution in [3.05, 3.63) is 34.9 Å². The highest BCUT2D eigenvalue weighted by molar-refractivity contribution is 5.94. The van der Waals surface area contributed by atoms with Gasteiger partial charge >= 0.3 is 18.4 Å². The SMILES string of the molecule is CCOC(=O)N1CCC(NC(=O)c2cc(C(F)(F)F)cc(C(F)(F)F)c2)CC1. The summed E-state index contributed by atoms with van der Waals surface area (Å²) in [5.41, 5.74) is -3.83. The zero-order chi connectivity index (χ0) is 21.1. The molecule has 1 aliphatic heterocycles. The number of nitrogens with one attached hydrogen (secondary N) is 1. The van der Waals surface area contributed by atoms with Gasteiger partial charge in [-0.05, 0) is 38.0 Å². The van der Waals surface area contributed by atoms with Crippen molar-refractivity contribution in [3.63, 3.8) is 0 Å². The number of carbonyl (C=O) groups is 2. The third kappa shape index (κ3) is 5.52. The second-order valence-electron chi connectivity index (χ2n) is 6.23. The molecule has 0 bridgehead atoms. The van der Waals surface area contributed by atoms with Crippen LogP contribution < -0.4 is 5.32 Å². The van der Waals surface area contributed by atoms with Crippen LogP contribution in [0.3, 0.4) is 0 Å². The Morgan fingerprint density at radius 2 is 1.54 bits per heavy atom. The molecule has 1 saturated heterocycles. The third-order valence-electron chi connectivity index (χ3n) is 4.21. The van der Waals surface area contributed by atoms with E-state index in [1.54, 1.807) is 6.92 Å². The first-order valence-corrected chi connectivity index (χ1v) is 8.44. The molecule has 28 heavy (non-hydrogen) atoms. The number of hydrogen-bond donors (Lipinski definition) is 1. The molecule has 1 fully saturated rings. The molecule has 0 saturated carbocycles. The maximum atomic E-state index is 12.9. The van der Waals surface area contributed by atoms with Crippen molar-refractivity contribution < 1.29 is 40.7 Å². The molecule has 0 atom stereocenters. The number of alkyl halides is 6. The van der Waals surface area contributed by atoms with Crippen molar-refractivity contribution in [2.75, 3.05) is 19.7 Å². The molecule has 1 aromatic carbocycles. The first kappa shape index (κ1) is 21.8. The average molecular weight is 412 g/mol. The first-order valence-electron chi connectivity index (χ1n) is 8.44.